The maximum Gasteiger partial charge on any atom is -0.00127 e. The molecule has 2 rings (SSSR count). The van der Waals surface area contributed by atoms with Gasteiger partial charge in [-0.3, -0.25) is 0 Å². The van der Waals surface area contributed by atoms with Crippen molar-refractivity contribution < 1.29 is 0 Å². The Kier molecular flexibility index (Phi) is 3.60. The molecule has 1 aliphatic heterocycles. The van der Waals surface area contributed by atoms with Crippen molar-refractivity contribution in [1.29, 1.82) is 0 Å². The van der Waals surface area contributed by atoms with Crippen LogP contribution in [0.4, 0.5) is 0 Å². The van der Waals surface area contributed by atoms with Crippen LogP contribution in [0.1, 0.15) is 60.3 Å². The summed E-state index contributed by atoms with van der Waals surface area (Å²) < 4.78 is 0. The second kappa shape index (κ2) is 4.57. The quantitative estimate of drug-likeness (QED) is 0.724. The fraction of sp³-hybridized carbons (Fsp3) is 1.00. The minimum atomic E-state index is 0.558. The summed E-state index contributed by atoms with van der Waals surface area (Å²) >= 11 is 0. The first-order chi connectivity index (χ1) is 7.85. The second-order valence-corrected chi connectivity index (χ2v) is 8.02. The minimum absolute atomic E-state index is 0.558. The van der Waals surface area contributed by atoms with Gasteiger partial charge in [0, 0.05) is 0 Å². The van der Waals surface area contributed by atoms with Gasteiger partial charge in [-0.05, 0) is 67.4 Å². The number of nitrogens with one attached hydrogen (secondary N) is 1. The van der Waals surface area contributed by atoms with Gasteiger partial charge in [-0.2, -0.15) is 0 Å². The monoisotopic (exact) mass is 237 g/mol. The summed E-state index contributed by atoms with van der Waals surface area (Å²) in [5.41, 5.74) is 1.20. The third-order valence-electron chi connectivity index (χ3n) is 5.24. The lowest BCUT2D eigenvalue weighted by molar-refractivity contribution is -0.0388. The Bertz CT molecular complexity index is 269. The van der Waals surface area contributed by atoms with Crippen LogP contribution in [0.3, 0.4) is 0 Å². The Morgan fingerprint density at radius 2 is 1.88 bits per heavy atom. The molecule has 1 heterocycles. The maximum absolute atomic E-state index is 3.63. The molecule has 1 spiro atoms. The molecule has 1 heteroatoms. The van der Waals surface area contributed by atoms with Crippen LogP contribution in [0.25, 0.3) is 0 Å². The third kappa shape index (κ3) is 2.70. The van der Waals surface area contributed by atoms with Crippen molar-refractivity contribution in [2.24, 2.45) is 28.6 Å². The lowest BCUT2D eigenvalue weighted by Gasteiger charge is -2.55. The molecule has 0 amide bonds. The van der Waals surface area contributed by atoms with Crippen molar-refractivity contribution in [3.8, 4) is 0 Å². The van der Waals surface area contributed by atoms with E-state index in [1.807, 2.05) is 0 Å². The predicted octanol–water partition coefficient (Wildman–Crippen LogP) is 4.08. The van der Waals surface area contributed by atoms with Crippen LogP contribution < -0.4 is 5.32 Å². The van der Waals surface area contributed by atoms with E-state index < -0.39 is 0 Å². The highest BCUT2D eigenvalue weighted by atomic mass is 14.9. The van der Waals surface area contributed by atoms with Gasteiger partial charge in [-0.25, -0.2) is 0 Å². The predicted molar refractivity (Wildman–Crippen MR) is 75.0 cm³/mol. The number of hydrogen-bond acceptors (Lipinski definition) is 1. The molecule has 2 fully saturated rings. The Hall–Kier alpha value is -0.0400. The Labute approximate surface area is 108 Å². The summed E-state index contributed by atoms with van der Waals surface area (Å²) in [6, 6.07) is 0. The topological polar surface area (TPSA) is 12.0 Å². The minimum Gasteiger partial charge on any atom is -0.316 e. The van der Waals surface area contributed by atoms with Crippen LogP contribution in [0.2, 0.25) is 0 Å². The summed E-state index contributed by atoms with van der Waals surface area (Å²) in [6.07, 6.45) is 5.76. The molecule has 0 aromatic carbocycles. The van der Waals surface area contributed by atoms with Crippen molar-refractivity contribution in [2.75, 3.05) is 13.1 Å². The van der Waals surface area contributed by atoms with E-state index in [4.69, 9.17) is 0 Å². The van der Waals surface area contributed by atoms with E-state index in [9.17, 15) is 0 Å². The molecule has 1 saturated carbocycles. The average Bonchev–Trinajstić information content (AvgIpc) is 2.13. The van der Waals surface area contributed by atoms with E-state index in [1.165, 1.54) is 38.8 Å². The van der Waals surface area contributed by atoms with Gasteiger partial charge in [0.2, 0.25) is 0 Å². The van der Waals surface area contributed by atoms with E-state index >= 15 is 0 Å². The zero-order valence-electron chi connectivity index (χ0n) is 12.5. The van der Waals surface area contributed by atoms with Crippen molar-refractivity contribution in [3.05, 3.63) is 0 Å². The SMILES string of the molecule is CC1CC(C)(C)CC2(CCNCC2C(C)C)C1. The molecule has 2 aliphatic rings. The van der Waals surface area contributed by atoms with Gasteiger partial charge in [-0.1, -0.05) is 34.6 Å². The van der Waals surface area contributed by atoms with Gasteiger partial charge in [0.1, 0.15) is 0 Å². The molecule has 1 nitrogen and oxygen atoms in total. The summed E-state index contributed by atoms with van der Waals surface area (Å²) in [6.45, 7) is 14.8. The number of rotatable bonds is 1. The largest absolute Gasteiger partial charge is 0.316 e. The van der Waals surface area contributed by atoms with E-state index in [0.29, 0.717) is 10.8 Å². The zero-order chi connectivity index (χ0) is 12.7. The molecule has 3 atom stereocenters. The van der Waals surface area contributed by atoms with Gasteiger partial charge < -0.3 is 5.32 Å². The lowest BCUT2D eigenvalue weighted by atomic mass is 9.52. The van der Waals surface area contributed by atoms with Crippen molar-refractivity contribution >= 4 is 0 Å². The molecule has 1 N–H and O–H groups in total. The fourth-order valence-corrected chi connectivity index (χ4v) is 5.22. The standard InChI is InChI=1S/C16H31N/c1-12(2)14-10-17-7-6-16(14)9-13(3)8-15(4,5)11-16/h12-14,17H,6-11H2,1-5H3. The molecule has 0 bridgehead atoms. The second-order valence-electron chi connectivity index (χ2n) is 8.02. The maximum atomic E-state index is 3.63. The van der Waals surface area contributed by atoms with Crippen LogP contribution in [0.5, 0.6) is 0 Å². The number of hydrogen-bond donors (Lipinski definition) is 1. The molecule has 100 valence electrons. The smallest absolute Gasteiger partial charge is 0.00127 e. The van der Waals surface area contributed by atoms with Gasteiger partial charge >= 0.3 is 0 Å². The van der Waals surface area contributed by atoms with E-state index in [1.54, 1.807) is 0 Å². The lowest BCUT2D eigenvalue weighted by Crippen LogP contribution is -2.52. The highest BCUT2D eigenvalue weighted by Gasteiger charge is 2.48. The van der Waals surface area contributed by atoms with Gasteiger partial charge in [0.15, 0.2) is 0 Å². The Balaban J connectivity index is 2.24. The van der Waals surface area contributed by atoms with Crippen LogP contribution in [-0.2, 0) is 0 Å². The van der Waals surface area contributed by atoms with Crippen molar-refractivity contribution in [1.82, 2.24) is 5.32 Å². The van der Waals surface area contributed by atoms with E-state index in [0.717, 1.165) is 17.8 Å². The van der Waals surface area contributed by atoms with Crippen LogP contribution in [-0.4, -0.2) is 13.1 Å². The molecule has 3 unspecified atom stereocenters. The molecular formula is C16H31N. The third-order valence-corrected chi connectivity index (χ3v) is 5.24. The number of piperidine rings is 1. The van der Waals surface area contributed by atoms with E-state index in [2.05, 4.69) is 39.9 Å². The highest BCUT2D eigenvalue weighted by Crippen LogP contribution is 2.56. The molecule has 0 aromatic heterocycles. The first kappa shape index (κ1) is 13.4. The van der Waals surface area contributed by atoms with Crippen LogP contribution >= 0.6 is 0 Å². The van der Waals surface area contributed by atoms with Crippen LogP contribution in [0, 0.1) is 28.6 Å². The first-order valence-electron chi connectivity index (χ1n) is 7.55. The van der Waals surface area contributed by atoms with Crippen molar-refractivity contribution in [3.63, 3.8) is 0 Å². The molecule has 1 saturated heterocycles. The average molecular weight is 237 g/mol. The normalized spacial score (nSPS) is 42.0. The first-order valence-corrected chi connectivity index (χ1v) is 7.55. The summed E-state index contributed by atoms with van der Waals surface area (Å²) in [5.74, 6) is 2.63. The van der Waals surface area contributed by atoms with Crippen LogP contribution in [0.15, 0.2) is 0 Å². The zero-order valence-corrected chi connectivity index (χ0v) is 12.5. The van der Waals surface area contributed by atoms with Gasteiger partial charge in [0.25, 0.3) is 0 Å². The Morgan fingerprint density at radius 3 is 2.47 bits per heavy atom. The molecule has 0 aromatic rings. The molecule has 1 aliphatic carbocycles. The molecule has 0 radical (unpaired) electrons. The highest BCUT2D eigenvalue weighted by molar-refractivity contribution is 5.00. The van der Waals surface area contributed by atoms with E-state index in [-0.39, 0.29) is 0 Å². The van der Waals surface area contributed by atoms with Gasteiger partial charge in [-0.15, -0.1) is 0 Å². The van der Waals surface area contributed by atoms with Crippen molar-refractivity contribution in [2.45, 2.75) is 60.3 Å². The summed E-state index contributed by atoms with van der Waals surface area (Å²) in [5, 5.41) is 3.63. The Morgan fingerprint density at radius 1 is 1.18 bits per heavy atom. The summed E-state index contributed by atoms with van der Waals surface area (Å²) in [4.78, 5) is 0. The molecule has 17 heavy (non-hydrogen) atoms. The molecular weight excluding hydrogens is 206 g/mol. The summed E-state index contributed by atoms with van der Waals surface area (Å²) in [7, 11) is 0. The van der Waals surface area contributed by atoms with Gasteiger partial charge in [0.05, 0.1) is 0 Å². The fourth-order valence-electron chi connectivity index (χ4n) is 5.22.